The molecule has 1 amide bonds. The van der Waals surface area contributed by atoms with Gasteiger partial charge in [0, 0.05) is 65.1 Å². The Morgan fingerprint density at radius 1 is 0.818 bits per heavy atom. The topological polar surface area (TPSA) is 225 Å². The molecule has 4 heterocycles. The molecule has 77 heavy (non-hydrogen) atoms. The van der Waals surface area contributed by atoms with E-state index in [1.54, 1.807) is 41.1 Å². The molecule has 0 spiro atoms. The van der Waals surface area contributed by atoms with E-state index in [2.05, 4.69) is 4.90 Å². The summed E-state index contributed by atoms with van der Waals surface area (Å²) in [5.41, 5.74) is 1.24. The molecule has 434 valence electrons. The minimum Gasteiger partial charge on any atom is -0.460 e. The SMILES string of the molecule is CO[C@H]1C[C@@H]2CC[C@@H](C)[C@@](O)(O2)C(=O)C(=O)N2CCCC[C@H]2C(=O)O[C@H]([C@H](C)C[C@@H]2CC[C@@H](OC(=O)CN3CCC(CCO)CC3)[C@H](OC)C2)CC(=O)[C@H](C)/C=C(\C)[C@@H](O)[C@@H](OC)C(=O)[C@H](C)C[C@H](C)/C=C/C=CC=C1C. The molecule has 5 rings (SSSR count). The number of hydrogen-bond donors (Lipinski definition) is 3. The molecule has 0 aromatic carbocycles. The molecule has 0 aromatic rings. The number of ether oxygens (including phenoxy) is 6. The van der Waals surface area contributed by atoms with Crippen molar-refractivity contribution in [2.24, 2.45) is 41.4 Å². The zero-order valence-corrected chi connectivity index (χ0v) is 47.9. The minimum absolute atomic E-state index is 0.00316. The first kappa shape index (κ1) is 63.9. The van der Waals surface area contributed by atoms with Gasteiger partial charge < -0.3 is 48.6 Å². The van der Waals surface area contributed by atoms with E-state index in [0.717, 1.165) is 37.9 Å². The van der Waals surface area contributed by atoms with E-state index in [4.69, 9.17) is 28.4 Å². The average molecular weight is 1080 g/mol. The van der Waals surface area contributed by atoms with Gasteiger partial charge in [-0.3, -0.25) is 28.9 Å². The lowest BCUT2D eigenvalue weighted by molar-refractivity contribution is -0.265. The van der Waals surface area contributed by atoms with Gasteiger partial charge in [-0.1, -0.05) is 71.1 Å². The number of carbonyl (C=O) groups is 6. The van der Waals surface area contributed by atoms with Crippen molar-refractivity contribution in [2.75, 3.05) is 54.1 Å². The van der Waals surface area contributed by atoms with Gasteiger partial charge in [0.2, 0.25) is 5.79 Å². The normalized spacial score (nSPS) is 36.5. The number of amides is 1. The van der Waals surface area contributed by atoms with Crippen LogP contribution >= 0.6 is 0 Å². The van der Waals surface area contributed by atoms with Crippen LogP contribution in [0.25, 0.3) is 0 Å². The van der Waals surface area contributed by atoms with Crippen molar-refractivity contribution in [3.63, 3.8) is 0 Å². The van der Waals surface area contributed by atoms with E-state index >= 15 is 0 Å². The van der Waals surface area contributed by atoms with Gasteiger partial charge in [0.1, 0.15) is 36.2 Å². The van der Waals surface area contributed by atoms with Crippen molar-refractivity contribution in [3.05, 3.63) is 47.6 Å². The second kappa shape index (κ2) is 30.6. The molecule has 4 fully saturated rings. The number of nitrogens with zero attached hydrogens (tertiary/aromatic N) is 2. The number of ketones is 3. The minimum atomic E-state index is -2.45. The number of Topliss-reactive ketones (excluding diaryl/α,β-unsaturated/α-hetero) is 3. The third-order valence-corrected chi connectivity index (χ3v) is 17.3. The predicted molar refractivity (Wildman–Crippen MR) is 290 cm³/mol. The number of rotatable bonds is 11. The van der Waals surface area contributed by atoms with E-state index < -0.39 is 89.8 Å². The molecule has 3 saturated heterocycles. The van der Waals surface area contributed by atoms with Crippen LogP contribution in [0.4, 0.5) is 0 Å². The van der Waals surface area contributed by atoms with Crippen molar-refractivity contribution >= 4 is 35.2 Å². The Balaban J connectivity index is 1.40. The number of methoxy groups -OCH3 is 3. The Morgan fingerprint density at radius 2 is 1.55 bits per heavy atom. The van der Waals surface area contributed by atoms with Gasteiger partial charge in [-0.25, -0.2) is 4.79 Å². The van der Waals surface area contributed by atoms with Crippen LogP contribution in [-0.4, -0.2) is 169 Å². The van der Waals surface area contributed by atoms with Crippen molar-refractivity contribution < 1.29 is 72.5 Å². The maximum absolute atomic E-state index is 14.6. The molecule has 1 aliphatic carbocycles. The summed E-state index contributed by atoms with van der Waals surface area (Å²) in [7, 11) is 4.55. The highest BCUT2D eigenvalue weighted by molar-refractivity contribution is 6.39. The summed E-state index contributed by atoms with van der Waals surface area (Å²) in [6.45, 7) is 14.6. The van der Waals surface area contributed by atoms with E-state index in [-0.39, 0.29) is 68.0 Å². The van der Waals surface area contributed by atoms with Crippen LogP contribution in [0.2, 0.25) is 0 Å². The van der Waals surface area contributed by atoms with E-state index in [1.165, 1.54) is 12.0 Å². The van der Waals surface area contributed by atoms with Gasteiger partial charge in [0.25, 0.3) is 11.7 Å². The Bertz CT molecular complexity index is 2100. The lowest BCUT2D eigenvalue weighted by atomic mass is 9.78. The number of likely N-dealkylation sites (tertiary alicyclic amines) is 1. The largest absolute Gasteiger partial charge is 0.460 e. The highest BCUT2D eigenvalue weighted by atomic mass is 16.6. The summed E-state index contributed by atoms with van der Waals surface area (Å²) in [6.07, 6.45) is 13.5. The summed E-state index contributed by atoms with van der Waals surface area (Å²) >= 11 is 0. The van der Waals surface area contributed by atoms with Crippen molar-refractivity contribution in [1.82, 2.24) is 9.80 Å². The van der Waals surface area contributed by atoms with Gasteiger partial charge in [-0.2, -0.15) is 0 Å². The molecule has 15 atom stereocenters. The Labute approximate surface area is 458 Å². The van der Waals surface area contributed by atoms with E-state index in [9.17, 15) is 44.1 Å². The summed E-state index contributed by atoms with van der Waals surface area (Å²) in [5, 5.41) is 33.0. The number of aliphatic hydroxyl groups excluding tert-OH is 2. The Kier molecular flexibility index (Phi) is 25.4. The van der Waals surface area contributed by atoms with Gasteiger partial charge in [0.15, 0.2) is 5.78 Å². The van der Waals surface area contributed by atoms with Gasteiger partial charge in [0.05, 0.1) is 24.9 Å². The van der Waals surface area contributed by atoms with Crippen LogP contribution < -0.4 is 0 Å². The molecule has 0 radical (unpaired) electrons. The molecule has 17 nitrogen and oxygen atoms in total. The summed E-state index contributed by atoms with van der Waals surface area (Å²) in [4.78, 5) is 88.1. The molecule has 4 aliphatic heterocycles. The fourth-order valence-corrected chi connectivity index (χ4v) is 12.2. The number of cyclic esters (lactones) is 1. The van der Waals surface area contributed by atoms with Crippen molar-refractivity contribution in [3.8, 4) is 0 Å². The van der Waals surface area contributed by atoms with Crippen LogP contribution in [-0.2, 0) is 57.2 Å². The first-order valence-electron chi connectivity index (χ1n) is 28.7. The van der Waals surface area contributed by atoms with Gasteiger partial charge in [-0.05, 0) is 145 Å². The predicted octanol–water partition coefficient (Wildman–Crippen LogP) is 6.83. The molecule has 2 bridgehead atoms. The quantitative estimate of drug-likeness (QED) is 0.110. The standard InChI is InChI=1S/C60H94N2O15/c1-37-16-12-11-13-17-38(2)50(72-8)34-46-21-19-43(7)60(71,77-46)57(68)58(69)62-26-15-14-18-47(62)59(70)76-51(35-48(64)39(3)31-42(6)55(67)56(74-10)54(66)41(5)30-37)40(4)32-45-20-22-49(52(33-45)73-9)75-53(65)36-61-27-23-44(24-28-61)25-29-63/h11-13,16-17,31,37,39-41,43-47,49-52,55-56,63,67,71H,14-15,18-30,32-36H2,1-10H3/b13-11?,16-12+,38-17?,42-31+/t37-,39-,40-,41-,43-,45+,46+,47+,49-,50+,51+,52-,55-,56+,60-/m1/s1. The number of allylic oxidation sites excluding steroid dienone is 6. The van der Waals surface area contributed by atoms with Crippen LogP contribution in [0.3, 0.4) is 0 Å². The van der Waals surface area contributed by atoms with E-state index in [1.807, 2.05) is 58.1 Å². The number of carbonyl (C=O) groups excluding carboxylic acids is 6. The number of piperidine rings is 2. The third kappa shape index (κ3) is 17.8. The van der Waals surface area contributed by atoms with Crippen molar-refractivity contribution in [2.45, 2.75) is 199 Å². The second-order valence-corrected chi connectivity index (χ2v) is 23.3. The summed E-state index contributed by atoms with van der Waals surface area (Å²) < 4.78 is 36.0. The van der Waals surface area contributed by atoms with Crippen LogP contribution in [0.15, 0.2) is 47.6 Å². The molecule has 1 saturated carbocycles. The zero-order valence-electron chi connectivity index (χ0n) is 47.9. The number of hydrogen-bond acceptors (Lipinski definition) is 16. The Morgan fingerprint density at radius 3 is 2.22 bits per heavy atom. The molecule has 3 N–H and O–H groups in total. The number of aliphatic hydroxyl groups is 3. The summed E-state index contributed by atoms with van der Waals surface area (Å²) in [6, 6.07) is -1.17. The molecule has 0 aromatic heterocycles. The number of esters is 2. The van der Waals surface area contributed by atoms with Crippen LogP contribution in [0.1, 0.15) is 145 Å². The lowest BCUT2D eigenvalue weighted by Gasteiger charge is -2.42. The lowest BCUT2D eigenvalue weighted by Crippen LogP contribution is -2.61. The molecular weight excluding hydrogens is 989 g/mol. The monoisotopic (exact) mass is 1080 g/mol. The fraction of sp³-hybridized carbons (Fsp3) is 0.767. The zero-order chi connectivity index (χ0) is 56.6. The van der Waals surface area contributed by atoms with Crippen molar-refractivity contribution in [1.29, 1.82) is 0 Å². The Hall–Kier alpha value is -3.94. The molecular formula is C60H94N2O15. The summed E-state index contributed by atoms with van der Waals surface area (Å²) in [5.74, 6) is -8.13. The highest BCUT2D eigenvalue weighted by Crippen LogP contribution is 2.38. The second-order valence-electron chi connectivity index (χ2n) is 23.3. The average Bonchev–Trinajstić information content (AvgIpc) is 3.41. The number of fused-ring (bicyclic) bond motifs is 3. The highest BCUT2D eigenvalue weighted by Gasteiger charge is 2.53. The molecule has 5 aliphatic rings. The first-order valence-corrected chi connectivity index (χ1v) is 28.7. The van der Waals surface area contributed by atoms with Crippen LogP contribution in [0, 0.1) is 41.4 Å². The van der Waals surface area contributed by atoms with Gasteiger partial charge >= 0.3 is 11.9 Å². The third-order valence-electron chi connectivity index (χ3n) is 17.3. The van der Waals surface area contributed by atoms with Crippen LogP contribution in [0.5, 0.6) is 0 Å². The first-order chi connectivity index (χ1) is 36.6. The maximum Gasteiger partial charge on any atom is 0.329 e. The van der Waals surface area contributed by atoms with Gasteiger partial charge in [-0.15, -0.1) is 0 Å². The molecule has 17 heteroatoms. The van der Waals surface area contributed by atoms with E-state index in [0.29, 0.717) is 75.7 Å². The maximum atomic E-state index is 14.6. The fourth-order valence-electron chi connectivity index (χ4n) is 12.2. The smallest absolute Gasteiger partial charge is 0.329 e. The molecule has 0 unspecified atom stereocenters.